The first-order valence-corrected chi connectivity index (χ1v) is 9.41. The van der Waals surface area contributed by atoms with E-state index in [9.17, 15) is 24.5 Å². The van der Waals surface area contributed by atoms with E-state index < -0.39 is 16.8 Å². The number of esters is 1. The number of hydrogen-bond acceptors (Lipinski definition) is 7. The van der Waals surface area contributed by atoms with Crippen molar-refractivity contribution in [3.05, 3.63) is 62.9 Å². The Morgan fingerprint density at radius 1 is 1.23 bits per heavy atom. The van der Waals surface area contributed by atoms with Crippen molar-refractivity contribution < 1.29 is 24.0 Å². The molecule has 154 valence electrons. The monoisotopic (exact) mass is 428 g/mol. The Hall–Kier alpha value is -3.86. The van der Waals surface area contributed by atoms with Gasteiger partial charge in [-0.05, 0) is 24.3 Å². The van der Waals surface area contributed by atoms with E-state index in [2.05, 4.69) is 10.3 Å². The van der Waals surface area contributed by atoms with Crippen LogP contribution in [-0.4, -0.2) is 34.4 Å². The van der Waals surface area contributed by atoms with Gasteiger partial charge in [0.05, 0.1) is 22.2 Å². The number of thiazole rings is 1. The first-order chi connectivity index (χ1) is 14.3. The maximum atomic E-state index is 12.6. The second-order valence-corrected chi connectivity index (χ2v) is 7.14. The smallest absolute Gasteiger partial charge is 0.325 e. The van der Waals surface area contributed by atoms with Gasteiger partial charge in [0.1, 0.15) is 6.54 Å². The van der Waals surface area contributed by atoms with Crippen molar-refractivity contribution in [2.45, 2.75) is 13.5 Å². The molecule has 30 heavy (non-hydrogen) atoms. The van der Waals surface area contributed by atoms with Crippen molar-refractivity contribution in [3.63, 3.8) is 0 Å². The minimum Gasteiger partial charge on any atom is -0.468 e. The molecule has 0 unspecified atom stereocenters. The molecule has 0 aliphatic heterocycles. The van der Waals surface area contributed by atoms with Crippen molar-refractivity contribution in [1.29, 1.82) is 0 Å². The third-order valence-electron chi connectivity index (χ3n) is 4.02. The number of anilines is 1. The van der Waals surface area contributed by atoms with Crippen molar-refractivity contribution in [1.82, 2.24) is 4.57 Å². The normalized spacial score (nSPS) is 11.3. The van der Waals surface area contributed by atoms with Crippen molar-refractivity contribution >= 4 is 50.7 Å². The molecule has 11 heteroatoms. The molecule has 0 atom stereocenters. The van der Waals surface area contributed by atoms with Gasteiger partial charge in [-0.1, -0.05) is 17.4 Å². The molecule has 0 fully saturated rings. The summed E-state index contributed by atoms with van der Waals surface area (Å²) >= 11 is 1.13. The Balaban J connectivity index is 2.12. The molecule has 1 heterocycles. The Bertz CT molecular complexity index is 1240. The minimum atomic E-state index is -0.689. The van der Waals surface area contributed by atoms with Gasteiger partial charge in [0.2, 0.25) is 5.91 Å². The third-order valence-corrected chi connectivity index (χ3v) is 5.06. The van der Waals surface area contributed by atoms with Crippen LogP contribution >= 0.6 is 11.3 Å². The molecule has 0 saturated carbocycles. The minimum absolute atomic E-state index is 0.0465. The van der Waals surface area contributed by atoms with Crippen LogP contribution in [0.1, 0.15) is 17.3 Å². The molecule has 1 aromatic heterocycles. The predicted molar refractivity (Wildman–Crippen MR) is 109 cm³/mol. The molecule has 0 aliphatic rings. The number of aromatic nitrogens is 1. The molecular weight excluding hydrogens is 412 g/mol. The fraction of sp³-hybridized carbons (Fsp3) is 0.158. The van der Waals surface area contributed by atoms with Gasteiger partial charge in [-0.3, -0.25) is 24.5 Å². The van der Waals surface area contributed by atoms with Crippen LogP contribution in [0.5, 0.6) is 0 Å². The molecule has 1 N–H and O–H groups in total. The number of nitro benzene ring substituents is 1. The molecular formula is C19H16N4O6S. The van der Waals surface area contributed by atoms with Gasteiger partial charge in [-0.2, -0.15) is 4.99 Å². The van der Waals surface area contributed by atoms with E-state index in [4.69, 9.17) is 4.74 Å². The van der Waals surface area contributed by atoms with Crippen LogP contribution in [0.2, 0.25) is 0 Å². The number of nitrogens with one attached hydrogen (secondary N) is 1. The third kappa shape index (κ3) is 4.58. The maximum Gasteiger partial charge on any atom is 0.325 e. The number of nitro groups is 1. The maximum absolute atomic E-state index is 12.6. The lowest BCUT2D eigenvalue weighted by Gasteiger charge is -2.05. The molecule has 0 bridgehead atoms. The van der Waals surface area contributed by atoms with Crippen LogP contribution in [0.3, 0.4) is 0 Å². The number of carbonyl (C=O) groups excluding carboxylic acids is 3. The zero-order chi connectivity index (χ0) is 21.8. The van der Waals surface area contributed by atoms with Crippen LogP contribution in [0.25, 0.3) is 10.2 Å². The topological polar surface area (TPSA) is 133 Å². The highest BCUT2D eigenvalue weighted by atomic mass is 32.1. The van der Waals surface area contributed by atoms with E-state index in [1.807, 2.05) is 0 Å². The number of ether oxygens (including phenoxy) is 1. The van der Waals surface area contributed by atoms with Gasteiger partial charge in [0.25, 0.3) is 11.6 Å². The summed E-state index contributed by atoms with van der Waals surface area (Å²) in [6.07, 6.45) is 0. The van der Waals surface area contributed by atoms with Crippen LogP contribution in [0.4, 0.5) is 11.4 Å². The zero-order valence-electron chi connectivity index (χ0n) is 15.9. The molecule has 3 rings (SSSR count). The summed E-state index contributed by atoms with van der Waals surface area (Å²) in [5.41, 5.74) is 0.989. The Morgan fingerprint density at radius 3 is 2.67 bits per heavy atom. The summed E-state index contributed by atoms with van der Waals surface area (Å²) in [5, 5.41) is 13.6. The largest absolute Gasteiger partial charge is 0.468 e. The summed E-state index contributed by atoms with van der Waals surface area (Å²) in [7, 11) is 1.25. The van der Waals surface area contributed by atoms with E-state index in [0.717, 1.165) is 17.4 Å². The summed E-state index contributed by atoms with van der Waals surface area (Å²) < 4.78 is 6.91. The summed E-state index contributed by atoms with van der Waals surface area (Å²) in [4.78, 5) is 50.4. The number of rotatable bonds is 5. The van der Waals surface area contributed by atoms with Crippen LogP contribution in [0, 0.1) is 10.1 Å². The molecule has 2 amide bonds. The lowest BCUT2D eigenvalue weighted by Crippen LogP contribution is -2.22. The number of non-ortho nitro benzene ring substituents is 1. The molecule has 0 aliphatic carbocycles. The predicted octanol–water partition coefficient (Wildman–Crippen LogP) is 2.48. The van der Waals surface area contributed by atoms with Gasteiger partial charge < -0.3 is 14.6 Å². The van der Waals surface area contributed by atoms with Crippen LogP contribution in [0.15, 0.2) is 47.5 Å². The fourth-order valence-corrected chi connectivity index (χ4v) is 3.76. The number of amides is 2. The van der Waals surface area contributed by atoms with Crippen LogP contribution < -0.4 is 10.1 Å². The van der Waals surface area contributed by atoms with Gasteiger partial charge in [-0.25, -0.2) is 0 Å². The number of carbonyl (C=O) groups is 3. The summed E-state index contributed by atoms with van der Waals surface area (Å²) in [6.45, 7) is 1.20. The van der Waals surface area contributed by atoms with Gasteiger partial charge in [-0.15, -0.1) is 0 Å². The number of benzene rings is 2. The number of fused-ring (bicyclic) bond motifs is 1. The number of nitrogens with zero attached hydrogens (tertiary/aromatic N) is 3. The van der Waals surface area contributed by atoms with Crippen LogP contribution in [-0.2, 0) is 20.9 Å². The highest BCUT2D eigenvalue weighted by molar-refractivity contribution is 7.16. The molecule has 0 radical (unpaired) electrons. The lowest BCUT2D eigenvalue weighted by molar-refractivity contribution is -0.384. The van der Waals surface area contributed by atoms with Gasteiger partial charge in [0, 0.05) is 30.3 Å². The van der Waals surface area contributed by atoms with Crippen molar-refractivity contribution in [3.8, 4) is 0 Å². The van der Waals surface area contributed by atoms with E-state index >= 15 is 0 Å². The molecule has 0 saturated heterocycles. The average molecular weight is 428 g/mol. The molecule has 10 nitrogen and oxygen atoms in total. The Morgan fingerprint density at radius 2 is 2.00 bits per heavy atom. The second kappa shape index (κ2) is 8.66. The second-order valence-electron chi connectivity index (χ2n) is 6.13. The summed E-state index contributed by atoms with van der Waals surface area (Å²) in [6, 6.07) is 10.3. The standard InChI is InChI=1S/C19H16N4O6S/c1-11(24)20-13-6-7-15-16(9-13)30-19(22(15)10-17(25)29-2)21-18(26)12-4-3-5-14(8-12)23(27)28/h3-9H,10H2,1-2H3,(H,20,24). The zero-order valence-corrected chi connectivity index (χ0v) is 16.8. The van der Waals surface area contributed by atoms with Crippen molar-refractivity contribution in [2.24, 2.45) is 4.99 Å². The molecule has 2 aromatic carbocycles. The average Bonchev–Trinajstić information content (AvgIpc) is 3.03. The quantitative estimate of drug-likeness (QED) is 0.377. The Kier molecular flexibility index (Phi) is 6.02. The van der Waals surface area contributed by atoms with Gasteiger partial charge in [0.15, 0.2) is 4.80 Å². The highest BCUT2D eigenvalue weighted by Crippen LogP contribution is 2.22. The Labute approximate surface area is 173 Å². The SMILES string of the molecule is COC(=O)Cn1c(=NC(=O)c2cccc([N+](=O)[O-])c2)sc2cc(NC(C)=O)ccc21. The molecule has 0 spiro atoms. The fourth-order valence-electron chi connectivity index (χ4n) is 2.69. The highest BCUT2D eigenvalue weighted by Gasteiger charge is 2.15. The van der Waals surface area contributed by atoms with Gasteiger partial charge >= 0.3 is 5.97 Å². The first-order valence-electron chi connectivity index (χ1n) is 8.60. The summed E-state index contributed by atoms with van der Waals surface area (Å²) in [5.74, 6) is -1.46. The van der Waals surface area contributed by atoms with E-state index in [1.54, 1.807) is 18.2 Å². The van der Waals surface area contributed by atoms with E-state index in [0.29, 0.717) is 15.9 Å². The first kappa shape index (κ1) is 20.9. The van der Waals surface area contributed by atoms with E-state index in [-0.39, 0.29) is 28.5 Å². The van der Waals surface area contributed by atoms with Crippen molar-refractivity contribution in [2.75, 3.05) is 12.4 Å². The van der Waals surface area contributed by atoms with E-state index in [1.165, 1.54) is 36.8 Å². The molecule has 3 aromatic rings. The number of methoxy groups -OCH3 is 1. The number of hydrogen-bond donors (Lipinski definition) is 1. The lowest BCUT2D eigenvalue weighted by atomic mass is 10.2.